The number of nitriles is 1. The van der Waals surface area contributed by atoms with Gasteiger partial charge in [-0.05, 0) is 86.0 Å². The molecule has 0 aliphatic heterocycles. The SMILES string of the molecule is Cc1c(NC(C(=O)N(N)C(=O)c2ccc(O[Si](C)(C)C(C)(C)C)c(F)c2)C(C)O[Si](C)(C)C(C)(C)C)ccc(C#N)c1Cl. The van der Waals surface area contributed by atoms with E-state index in [1.807, 2.05) is 39.9 Å². The normalized spacial score (nSPS) is 14.0. The lowest BCUT2D eigenvalue weighted by atomic mass is 10.1. The summed E-state index contributed by atoms with van der Waals surface area (Å²) in [5.41, 5.74) is 1.21. The number of hydrogen-bond acceptors (Lipinski definition) is 7. The molecule has 2 atom stereocenters. The maximum atomic E-state index is 15.1. The van der Waals surface area contributed by atoms with Crippen molar-refractivity contribution in [2.24, 2.45) is 5.84 Å². The van der Waals surface area contributed by atoms with Gasteiger partial charge in [-0.2, -0.15) is 5.26 Å². The Kier molecular flexibility index (Phi) is 11.1. The zero-order chi connectivity index (χ0) is 33.3. The molecule has 0 saturated heterocycles. The predicted molar refractivity (Wildman–Crippen MR) is 176 cm³/mol. The van der Waals surface area contributed by atoms with Crippen molar-refractivity contribution in [1.82, 2.24) is 5.01 Å². The molecule has 236 valence electrons. The first-order valence-corrected chi connectivity index (χ1v) is 20.4. The summed E-state index contributed by atoms with van der Waals surface area (Å²) >= 11 is 6.39. The Labute approximate surface area is 262 Å². The zero-order valence-corrected chi connectivity index (χ0v) is 30.2. The van der Waals surface area contributed by atoms with E-state index < -0.39 is 46.4 Å². The van der Waals surface area contributed by atoms with E-state index in [0.717, 1.165) is 6.07 Å². The zero-order valence-electron chi connectivity index (χ0n) is 27.4. The highest BCUT2D eigenvalue weighted by Crippen LogP contribution is 2.39. The van der Waals surface area contributed by atoms with Gasteiger partial charge in [-0.15, -0.1) is 0 Å². The summed E-state index contributed by atoms with van der Waals surface area (Å²) in [5, 5.41) is 12.9. The molecule has 0 radical (unpaired) electrons. The van der Waals surface area contributed by atoms with Crippen LogP contribution in [0, 0.1) is 24.1 Å². The highest BCUT2D eigenvalue weighted by atomic mass is 35.5. The number of amides is 2. The number of benzene rings is 2. The molecule has 0 fully saturated rings. The fourth-order valence-corrected chi connectivity index (χ4v) is 6.37. The molecule has 0 aromatic heterocycles. The standard InChI is InChI=1S/C31H46ClFN4O4Si2/c1-19-24(15-13-22(18-34)26(19)32)36-27(20(2)40-42(9,10)30(3,4)5)29(39)37(35)28(38)21-14-16-25(23(33)17-21)41-43(11,12)31(6,7)8/h13-17,20,27,36H,35H2,1-12H3. The van der Waals surface area contributed by atoms with Crippen molar-refractivity contribution in [3.05, 3.63) is 57.9 Å². The third-order valence-corrected chi connectivity index (χ3v) is 18.0. The number of imide groups is 1. The van der Waals surface area contributed by atoms with Crippen LogP contribution in [0.4, 0.5) is 10.1 Å². The number of nitrogens with two attached hydrogens (primary N) is 1. The molecule has 0 saturated carbocycles. The van der Waals surface area contributed by atoms with Gasteiger partial charge in [0.1, 0.15) is 17.9 Å². The Bertz CT molecular complexity index is 1410. The molecule has 43 heavy (non-hydrogen) atoms. The molecule has 0 heterocycles. The van der Waals surface area contributed by atoms with E-state index in [9.17, 15) is 14.9 Å². The van der Waals surface area contributed by atoms with Crippen LogP contribution < -0.4 is 15.6 Å². The number of halogens is 2. The van der Waals surface area contributed by atoms with Crippen molar-refractivity contribution in [2.45, 2.75) is 104 Å². The highest BCUT2D eigenvalue weighted by Gasteiger charge is 2.43. The summed E-state index contributed by atoms with van der Waals surface area (Å²) in [5.74, 6) is 3.79. The van der Waals surface area contributed by atoms with Crippen molar-refractivity contribution >= 4 is 45.7 Å². The second-order valence-electron chi connectivity index (χ2n) is 13.9. The number of carbonyl (C=O) groups excluding carboxylic acids is 2. The third-order valence-electron chi connectivity index (χ3n) is 8.65. The molecule has 3 N–H and O–H groups in total. The van der Waals surface area contributed by atoms with Crippen molar-refractivity contribution in [1.29, 1.82) is 5.26 Å². The Morgan fingerprint density at radius 1 is 1.05 bits per heavy atom. The van der Waals surface area contributed by atoms with Gasteiger partial charge in [-0.25, -0.2) is 15.2 Å². The monoisotopic (exact) mass is 648 g/mol. The average Bonchev–Trinajstić information content (AvgIpc) is 2.87. The molecule has 2 amide bonds. The van der Waals surface area contributed by atoms with E-state index in [4.69, 9.17) is 26.3 Å². The third kappa shape index (κ3) is 8.25. The summed E-state index contributed by atoms with van der Waals surface area (Å²) in [6, 6.07) is 7.91. The molecule has 0 aliphatic carbocycles. The quantitative estimate of drug-likeness (QED) is 0.123. The average molecular weight is 649 g/mol. The van der Waals surface area contributed by atoms with Crippen LogP contribution in [0.15, 0.2) is 30.3 Å². The van der Waals surface area contributed by atoms with Gasteiger partial charge in [0.15, 0.2) is 14.1 Å². The van der Waals surface area contributed by atoms with E-state index in [-0.39, 0.29) is 32.0 Å². The number of rotatable bonds is 9. The Morgan fingerprint density at radius 2 is 1.60 bits per heavy atom. The smallest absolute Gasteiger partial charge is 0.275 e. The van der Waals surface area contributed by atoms with E-state index in [1.54, 1.807) is 26.0 Å². The van der Waals surface area contributed by atoms with Crippen LogP contribution in [-0.4, -0.2) is 45.6 Å². The highest BCUT2D eigenvalue weighted by molar-refractivity contribution is 6.75. The summed E-state index contributed by atoms with van der Waals surface area (Å²) < 4.78 is 27.7. The maximum absolute atomic E-state index is 15.1. The van der Waals surface area contributed by atoms with E-state index in [0.29, 0.717) is 16.3 Å². The summed E-state index contributed by atoms with van der Waals surface area (Å²) in [4.78, 5) is 27.3. The number of hydrogen-bond donors (Lipinski definition) is 2. The van der Waals surface area contributed by atoms with Gasteiger partial charge in [-0.3, -0.25) is 9.59 Å². The topological polar surface area (TPSA) is 118 Å². The molecule has 8 nitrogen and oxygen atoms in total. The van der Waals surface area contributed by atoms with Gasteiger partial charge < -0.3 is 14.2 Å². The molecule has 0 bridgehead atoms. The number of nitrogens with zero attached hydrogens (tertiary/aromatic N) is 2. The van der Waals surface area contributed by atoms with Crippen molar-refractivity contribution in [3.8, 4) is 11.8 Å². The lowest BCUT2D eigenvalue weighted by Crippen LogP contribution is -2.56. The molecule has 2 aromatic rings. The summed E-state index contributed by atoms with van der Waals surface area (Å²) in [6.45, 7) is 23.9. The minimum Gasteiger partial charge on any atom is -0.542 e. The predicted octanol–water partition coefficient (Wildman–Crippen LogP) is 7.78. The van der Waals surface area contributed by atoms with Crippen LogP contribution in [0.2, 0.25) is 41.3 Å². The van der Waals surface area contributed by atoms with Gasteiger partial charge in [0, 0.05) is 11.3 Å². The van der Waals surface area contributed by atoms with Gasteiger partial charge in [0.25, 0.3) is 20.1 Å². The second kappa shape index (κ2) is 13.1. The minimum atomic E-state index is -2.37. The fourth-order valence-electron chi connectivity index (χ4n) is 3.72. The van der Waals surface area contributed by atoms with Crippen LogP contribution in [0.25, 0.3) is 0 Å². The summed E-state index contributed by atoms with van der Waals surface area (Å²) in [6.07, 6.45) is -0.724. The first-order chi connectivity index (χ1) is 19.4. The molecular formula is C31H46ClFN4O4Si2. The van der Waals surface area contributed by atoms with E-state index >= 15 is 4.39 Å². The van der Waals surface area contributed by atoms with Gasteiger partial charge >= 0.3 is 0 Å². The van der Waals surface area contributed by atoms with Crippen LogP contribution in [-0.2, 0) is 9.22 Å². The van der Waals surface area contributed by atoms with Gasteiger partial charge in [0.2, 0.25) is 0 Å². The first-order valence-electron chi connectivity index (χ1n) is 14.2. The van der Waals surface area contributed by atoms with Crippen molar-refractivity contribution in [3.63, 3.8) is 0 Å². The molecular weight excluding hydrogens is 603 g/mol. The van der Waals surface area contributed by atoms with Crippen LogP contribution in [0.3, 0.4) is 0 Å². The number of anilines is 1. The minimum absolute atomic E-state index is 0.0437. The molecule has 2 aromatic carbocycles. The molecule has 0 spiro atoms. The number of nitrogens with one attached hydrogen (secondary N) is 1. The van der Waals surface area contributed by atoms with Crippen molar-refractivity contribution in [2.75, 3.05) is 5.32 Å². The Morgan fingerprint density at radius 3 is 2.09 bits per heavy atom. The maximum Gasteiger partial charge on any atom is 0.275 e. The van der Waals surface area contributed by atoms with Crippen LogP contribution in [0.1, 0.15) is 70.0 Å². The van der Waals surface area contributed by atoms with Gasteiger partial charge in [0.05, 0.1) is 16.7 Å². The molecule has 0 aliphatic rings. The lowest BCUT2D eigenvalue weighted by Gasteiger charge is -2.40. The van der Waals surface area contributed by atoms with Crippen molar-refractivity contribution < 1.29 is 22.8 Å². The first kappa shape index (κ1) is 36.4. The van der Waals surface area contributed by atoms with Gasteiger partial charge in [-0.1, -0.05) is 53.1 Å². The lowest BCUT2D eigenvalue weighted by molar-refractivity contribution is -0.131. The fraction of sp³-hybridized carbons (Fsp3) is 0.516. The van der Waals surface area contributed by atoms with Crippen LogP contribution >= 0.6 is 11.6 Å². The van der Waals surface area contributed by atoms with Crippen LogP contribution in [0.5, 0.6) is 5.75 Å². The van der Waals surface area contributed by atoms with E-state index in [2.05, 4.69) is 39.2 Å². The molecule has 2 unspecified atom stereocenters. The summed E-state index contributed by atoms with van der Waals surface area (Å²) in [7, 11) is -4.71. The Balaban J connectivity index is 2.45. The number of hydrazine groups is 1. The molecule has 12 heteroatoms. The molecule has 2 rings (SSSR count). The second-order valence-corrected chi connectivity index (χ2v) is 23.8. The number of carbonyl (C=O) groups is 2. The Hall–Kier alpha value is -2.76. The largest absolute Gasteiger partial charge is 0.542 e. The van der Waals surface area contributed by atoms with E-state index in [1.165, 1.54) is 12.1 Å².